The van der Waals surface area contributed by atoms with Crippen molar-refractivity contribution in [3.8, 4) is 0 Å². The molecule has 0 aromatic rings. The molecular formula is C8H16O3. The third-order valence-electron chi connectivity index (χ3n) is 2.11. The van der Waals surface area contributed by atoms with Crippen LogP contribution < -0.4 is 0 Å². The van der Waals surface area contributed by atoms with E-state index >= 15 is 0 Å². The fraction of sp³-hybridized carbons (Fsp3) is 1.00. The maximum Gasteiger partial charge on any atom is 0.191 e. The zero-order valence-corrected chi connectivity index (χ0v) is 7.33. The summed E-state index contributed by atoms with van der Waals surface area (Å²) in [7, 11) is 0. The summed E-state index contributed by atoms with van der Waals surface area (Å²) in [6, 6.07) is 0. The Bertz CT molecular complexity index is 135. The van der Waals surface area contributed by atoms with Gasteiger partial charge in [0.25, 0.3) is 0 Å². The first-order valence-electron chi connectivity index (χ1n) is 4.04. The molecule has 0 saturated carbocycles. The number of ether oxygens (including phenoxy) is 2. The van der Waals surface area contributed by atoms with Gasteiger partial charge in [-0.15, -0.1) is 0 Å². The van der Waals surface area contributed by atoms with Gasteiger partial charge in [0.1, 0.15) is 6.10 Å². The van der Waals surface area contributed by atoms with Crippen LogP contribution in [0, 0.1) is 0 Å². The Hall–Kier alpha value is -0.120. The number of aliphatic hydroxyl groups is 1. The van der Waals surface area contributed by atoms with Crippen molar-refractivity contribution in [2.75, 3.05) is 6.61 Å². The molecule has 1 saturated heterocycles. The Morgan fingerprint density at radius 1 is 1.64 bits per heavy atom. The lowest BCUT2D eigenvalue weighted by Gasteiger charge is -2.39. The summed E-state index contributed by atoms with van der Waals surface area (Å²) >= 11 is 0. The van der Waals surface area contributed by atoms with Gasteiger partial charge in [-0.25, -0.2) is 0 Å². The zero-order valence-electron chi connectivity index (χ0n) is 7.33. The van der Waals surface area contributed by atoms with Gasteiger partial charge < -0.3 is 14.6 Å². The minimum atomic E-state index is -0.794. The summed E-state index contributed by atoms with van der Waals surface area (Å²) in [6.45, 7) is 6.11. The Morgan fingerprint density at radius 3 is 2.64 bits per heavy atom. The quantitative estimate of drug-likeness (QED) is 0.619. The van der Waals surface area contributed by atoms with Gasteiger partial charge in [0, 0.05) is 0 Å². The summed E-state index contributed by atoms with van der Waals surface area (Å²) in [5.41, 5.74) is 0. The van der Waals surface area contributed by atoms with Crippen LogP contribution in [0.3, 0.4) is 0 Å². The number of rotatable bonds is 1. The summed E-state index contributed by atoms with van der Waals surface area (Å²) < 4.78 is 10.8. The first kappa shape index (κ1) is 8.97. The molecule has 0 spiro atoms. The van der Waals surface area contributed by atoms with E-state index in [0.717, 1.165) is 6.42 Å². The SMILES string of the molecule is C[C@@H]1CCO[C@@](C)([C@H](C)O)O1. The molecule has 3 heteroatoms. The van der Waals surface area contributed by atoms with Gasteiger partial charge in [-0.05, 0) is 27.2 Å². The van der Waals surface area contributed by atoms with E-state index in [1.165, 1.54) is 0 Å². The fourth-order valence-corrected chi connectivity index (χ4v) is 1.14. The molecular weight excluding hydrogens is 144 g/mol. The molecule has 0 aliphatic carbocycles. The van der Waals surface area contributed by atoms with Crippen molar-refractivity contribution in [1.29, 1.82) is 0 Å². The second kappa shape index (κ2) is 3.09. The molecule has 0 unspecified atom stereocenters. The maximum absolute atomic E-state index is 9.30. The van der Waals surface area contributed by atoms with E-state index in [4.69, 9.17) is 9.47 Å². The molecule has 1 heterocycles. The Kier molecular flexibility index (Phi) is 2.52. The highest BCUT2D eigenvalue weighted by Crippen LogP contribution is 2.25. The average molecular weight is 160 g/mol. The van der Waals surface area contributed by atoms with E-state index in [2.05, 4.69) is 0 Å². The number of aliphatic hydroxyl groups excluding tert-OH is 1. The molecule has 3 atom stereocenters. The second-order valence-electron chi connectivity index (χ2n) is 3.26. The first-order valence-corrected chi connectivity index (χ1v) is 4.04. The molecule has 1 rings (SSSR count). The van der Waals surface area contributed by atoms with E-state index in [1.807, 2.05) is 6.92 Å². The molecule has 1 fully saturated rings. The predicted molar refractivity (Wildman–Crippen MR) is 41.2 cm³/mol. The van der Waals surface area contributed by atoms with Crippen LogP contribution in [0.1, 0.15) is 27.2 Å². The van der Waals surface area contributed by atoms with Gasteiger partial charge in [-0.1, -0.05) is 0 Å². The minimum absolute atomic E-state index is 0.184. The van der Waals surface area contributed by atoms with Crippen LogP contribution >= 0.6 is 0 Å². The molecule has 0 aromatic heterocycles. The summed E-state index contributed by atoms with van der Waals surface area (Å²) in [6.07, 6.45) is 0.510. The third kappa shape index (κ3) is 1.92. The monoisotopic (exact) mass is 160 g/mol. The molecule has 1 N–H and O–H groups in total. The van der Waals surface area contributed by atoms with Crippen LogP contribution in [-0.4, -0.2) is 29.7 Å². The third-order valence-corrected chi connectivity index (χ3v) is 2.11. The summed E-state index contributed by atoms with van der Waals surface area (Å²) in [5, 5.41) is 9.30. The van der Waals surface area contributed by atoms with Crippen molar-refractivity contribution >= 4 is 0 Å². The van der Waals surface area contributed by atoms with Crippen molar-refractivity contribution in [2.45, 2.75) is 45.2 Å². The second-order valence-corrected chi connectivity index (χ2v) is 3.26. The molecule has 1 aliphatic heterocycles. The molecule has 1 aliphatic rings. The lowest BCUT2D eigenvalue weighted by molar-refractivity contribution is -0.313. The highest BCUT2D eigenvalue weighted by atomic mass is 16.7. The van der Waals surface area contributed by atoms with Crippen molar-refractivity contribution in [3.05, 3.63) is 0 Å². The Morgan fingerprint density at radius 2 is 2.27 bits per heavy atom. The predicted octanol–water partition coefficient (Wildman–Crippen LogP) is 0.909. The fourth-order valence-electron chi connectivity index (χ4n) is 1.14. The van der Waals surface area contributed by atoms with Crippen LogP contribution in [0.15, 0.2) is 0 Å². The van der Waals surface area contributed by atoms with Gasteiger partial charge in [0.15, 0.2) is 5.79 Å². The van der Waals surface area contributed by atoms with Crippen LogP contribution in [0.4, 0.5) is 0 Å². The lowest BCUT2D eigenvalue weighted by Crippen LogP contribution is -2.48. The van der Waals surface area contributed by atoms with Gasteiger partial charge >= 0.3 is 0 Å². The van der Waals surface area contributed by atoms with Crippen molar-refractivity contribution in [1.82, 2.24) is 0 Å². The zero-order chi connectivity index (χ0) is 8.48. The van der Waals surface area contributed by atoms with Crippen molar-refractivity contribution in [2.24, 2.45) is 0 Å². The van der Waals surface area contributed by atoms with Crippen molar-refractivity contribution < 1.29 is 14.6 Å². The molecule has 3 nitrogen and oxygen atoms in total. The lowest BCUT2D eigenvalue weighted by atomic mass is 10.1. The van der Waals surface area contributed by atoms with E-state index in [9.17, 15) is 5.11 Å². The summed E-state index contributed by atoms with van der Waals surface area (Å²) in [4.78, 5) is 0. The van der Waals surface area contributed by atoms with Crippen LogP contribution in [0.2, 0.25) is 0 Å². The number of hydrogen-bond donors (Lipinski definition) is 1. The standard InChI is InChI=1S/C8H16O3/c1-6-4-5-10-8(3,11-6)7(2)9/h6-7,9H,4-5H2,1-3H3/t6-,7+,8-/m1/s1. The number of hydrogen-bond acceptors (Lipinski definition) is 3. The van der Waals surface area contributed by atoms with E-state index in [-0.39, 0.29) is 6.10 Å². The van der Waals surface area contributed by atoms with E-state index < -0.39 is 11.9 Å². The Balaban J connectivity index is 2.55. The minimum Gasteiger partial charge on any atom is -0.388 e. The average Bonchev–Trinajstić information content (AvgIpc) is 1.86. The normalized spacial score (nSPS) is 42.0. The van der Waals surface area contributed by atoms with Gasteiger partial charge in [0.2, 0.25) is 0 Å². The van der Waals surface area contributed by atoms with Crippen LogP contribution in [0.5, 0.6) is 0 Å². The van der Waals surface area contributed by atoms with Gasteiger partial charge in [-0.3, -0.25) is 0 Å². The molecule has 0 bridgehead atoms. The van der Waals surface area contributed by atoms with Gasteiger partial charge in [-0.2, -0.15) is 0 Å². The first-order chi connectivity index (χ1) is 5.04. The molecule has 0 radical (unpaired) electrons. The molecule has 66 valence electrons. The highest BCUT2D eigenvalue weighted by Gasteiger charge is 2.36. The van der Waals surface area contributed by atoms with Crippen LogP contribution in [-0.2, 0) is 9.47 Å². The topological polar surface area (TPSA) is 38.7 Å². The van der Waals surface area contributed by atoms with E-state index in [0.29, 0.717) is 6.61 Å². The Labute approximate surface area is 67.3 Å². The van der Waals surface area contributed by atoms with Gasteiger partial charge in [0.05, 0.1) is 12.7 Å². The van der Waals surface area contributed by atoms with E-state index in [1.54, 1.807) is 13.8 Å². The molecule has 0 amide bonds. The highest BCUT2D eigenvalue weighted by molar-refractivity contribution is 4.75. The molecule has 0 aromatic carbocycles. The maximum atomic E-state index is 9.30. The molecule has 11 heavy (non-hydrogen) atoms. The smallest absolute Gasteiger partial charge is 0.191 e. The summed E-state index contributed by atoms with van der Waals surface area (Å²) in [5.74, 6) is -0.794. The van der Waals surface area contributed by atoms with Crippen molar-refractivity contribution in [3.63, 3.8) is 0 Å². The largest absolute Gasteiger partial charge is 0.388 e. The van der Waals surface area contributed by atoms with Crippen LogP contribution in [0.25, 0.3) is 0 Å².